The molecule has 0 radical (unpaired) electrons. The fourth-order valence-corrected chi connectivity index (χ4v) is 0.992. The Morgan fingerprint density at radius 2 is 2.13 bits per heavy atom. The molecule has 0 saturated carbocycles. The number of nitro groups is 1. The van der Waals surface area contributed by atoms with Crippen molar-refractivity contribution in [1.82, 2.24) is 14.8 Å². The Bertz CT molecular complexity index is 408. The molecule has 0 spiro atoms. The van der Waals surface area contributed by atoms with Gasteiger partial charge < -0.3 is 0 Å². The SMILES string of the molecule is Cc1c([N+](=O)[O-])c(N=NN(C)C)nn1C. The molecule has 0 aliphatic carbocycles. The van der Waals surface area contributed by atoms with E-state index in [0.29, 0.717) is 5.69 Å². The normalized spacial score (nSPS) is 10.9. The molecule has 0 bridgehead atoms. The second-order valence-corrected chi connectivity index (χ2v) is 3.17. The lowest BCUT2D eigenvalue weighted by Crippen LogP contribution is -1.99. The van der Waals surface area contributed by atoms with Crippen LogP contribution in [0.3, 0.4) is 0 Å². The van der Waals surface area contributed by atoms with Crippen molar-refractivity contribution in [2.45, 2.75) is 6.92 Å². The van der Waals surface area contributed by atoms with Crippen molar-refractivity contribution < 1.29 is 4.92 Å². The summed E-state index contributed by atoms with van der Waals surface area (Å²) in [4.78, 5) is 10.2. The van der Waals surface area contributed by atoms with E-state index in [-0.39, 0.29) is 11.5 Å². The molecule has 1 heterocycles. The van der Waals surface area contributed by atoms with E-state index in [4.69, 9.17) is 0 Å². The molecule has 0 aromatic carbocycles. The van der Waals surface area contributed by atoms with Crippen LogP contribution in [0, 0.1) is 17.0 Å². The van der Waals surface area contributed by atoms with E-state index in [1.54, 1.807) is 28.1 Å². The smallest absolute Gasteiger partial charge is 0.285 e. The highest BCUT2D eigenvalue weighted by atomic mass is 16.6. The zero-order valence-corrected chi connectivity index (χ0v) is 9.00. The zero-order chi connectivity index (χ0) is 11.6. The number of hydrogen-bond acceptors (Lipinski definition) is 5. The van der Waals surface area contributed by atoms with E-state index in [2.05, 4.69) is 15.4 Å². The molecule has 0 atom stereocenters. The average Bonchev–Trinajstić information content (AvgIpc) is 2.39. The molecule has 0 amide bonds. The predicted octanol–water partition coefficient (Wildman–Crippen LogP) is 1.20. The van der Waals surface area contributed by atoms with E-state index in [0.717, 1.165) is 0 Å². The number of rotatable bonds is 3. The lowest BCUT2D eigenvalue weighted by molar-refractivity contribution is -0.384. The maximum absolute atomic E-state index is 10.7. The lowest BCUT2D eigenvalue weighted by Gasteiger charge is -1.98. The molecule has 15 heavy (non-hydrogen) atoms. The van der Waals surface area contributed by atoms with Crippen molar-refractivity contribution in [3.8, 4) is 0 Å². The Morgan fingerprint density at radius 1 is 1.53 bits per heavy atom. The molecule has 0 aliphatic rings. The summed E-state index contributed by atoms with van der Waals surface area (Å²) in [6.45, 7) is 1.61. The molecule has 0 unspecified atom stereocenters. The molecule has 1 rings (SSSR count). The standard InChI is InChI=1S/C7H12N6O2/c1-5-6(13(14)15)7(9-12(5)4)8-10-11(2)3/h1-4H3. The fraction of sp³-hybridized carbons (Fsp3) is 0.571. The fourth-order valence-electron chi connectivity index (χ4n) is 0.992. The van der Waals surface area contributed by atoms with E-state index in [9.17, 15) is 10.1 Å². The first-order valence-corrected chi connectivity index (χ1v) is 4.20. The van der Waals surface area contributed by atoms with E-state index in [1.165, 1.54) is 9.69 Å². The van der Waals surface area contributed by atoms with Crippen molar-refractivity contribution in [2.75, 3.05) is 14.1 Å². The van der Waals surface area contributed by atoms with Crippen LogP contribution in [-0.2, 0) is 7.05 Å². The van der Waals surface area contributed by atoms with Gasteiger partial charge in [-0.15, -0.1) is 10.2 Å². The molecule has 0 aliphatic heterocycles. The van der Waals surface area contributed by atoms with Gasteiger partial charge in [-0.2, -0.15) is 0 Å². The van der Waals surface area contributed by atoms with Crippen LogP contribution >= 0.6 is 0 Å². The van der Waals surface area contributed by atoms with Crippen LogP contribution in [0.15, 0.2) is 10.3 Å². The van der Waals surface area contributed by atoms with Crippen molar-refractivity contribution >= 4 is 11.5 Å². The van der Waals surface area contributed by atoms with Crippen LogP contribution in [0.1, 0.15) is 5.69 Å². The van der Waals surface area contributed by atoms with Gasteiger partial charge in [-0.3, -0.25) is 19.8 Å². The van der Waals surface area contributed by atoms with E-state index < -0.39 is 4.92 Å². The van der Waals surface area contributed by atoms with Gasteiger partial charge in [0.2, 0.25) is 0 Å². The number of aromatic nitrogens is 2. The molecule has 0 fully saturated rings. The highest BCUT2D eigenvalue weighted by molar-refractivity contribution is 5.54. The summed E-state index contributed by atoms with van der Waals surface area (Å²) in [5.41, 5.74) is 0.343. The van der Waals surface area contributed by atoms with Crippen LogP contribution in [-0.4, -0.2) is 33.8 Å². The molecular formula is C7H12N6O2. The monoisotopic (exact) mass is 212 g/mol. The molecule has 8 heteroatoms. The van der Waals surface area contributed by atoms with Gasteiger partial charge in [0.25, 0.3) is 5.82 Å². The first-order chi connectivity index (χ1) is 6.93. The molecule has 0 N–H and O–H groups in total. The van der Waals surface area contributed by atoms with Crippen molar-refractivity contribution in [3.63, 3.8) is 0 Å². The molecule has 0 saturated heterocycles. The van der Waals surface area contributed by atoms with Crippen LogP contribution < -0.4 is 0 Å². The third-order valence-corrected chi connectivity index (χ3v) is 1.79. The van der Waals surface area contributed by atoms with Crippen LogP contribution in [0.5, 0.6) is 0 Å². The Balaban J connectivity index is 3.18. The average molecular weight is 212 g/mol. The van der Waals surface area contributed by atoms with Gasteiger partial charge in [-0.1, -0.05) is 5.22 Å². The second kappa shape index (κ2) is 4.03. The Morgan fingerprint density at radius 3 is 2.60 bits per heavy atom. The Hall–Kier alpha value is -1.99. The maximum atomic E-state index is 10.7. The highest BCUT2D eigenvalue weighted by Crippen LogP contribution is 2.29. The summed E-state index contributed by atoms with van der Waals surface area (Å²) >= 11 is 0. The minimum Gasteiger partial charge on any atom is -0.285 e. The number of hydrogen-bond donors (Lipinski definition) is 0. The second-order valence-electron chi connectivity index (χ2n) is 3.17. The van der Waals surface area contributed by atoms with Crippen LogP contribution in [0.4, 0.5) is 11.5 Å². The number of aryl methyl sites for hydroxylation is 1. The molecule has 8 nitrogen and oxygen atoms in total. The van der Waals surface area contributed by atoms with Gasteiger partial charge in [0.15, 0.2) is 0 Å². The summed E-state index contributed by atoms with van der Waals surface area (Å²) in [5, 5.41) is 23.4. The third-order valence-electron chi connectivity index (χ3n) is 1.79. The quantitative estimate of drug-likeness (QED) is 0.427. The summed E-state index contributed by atoms with van der Waals surface area (Å²) in [7, 11) is 4.97. The Labute approximate surface area is 86.3 Å². The van der Waals surface area contributed by atoms with Crippen LogP contribution in [0.25, 0.3) is 0 Å². The first kappa shape index (κ1) is 11.1. The molecule has 1 aromatic rings. The lowest BCUT2D eigenvalue weighted by atomic mass is 10.4. The third kappa shape index (κ3) is 2.27. The van der Waals surface area contributed by atoms with Gasteiger partial charge in [-0.25, -0.2) is 0 Å². The minimum absolute atomic E-state index is 0.0219. The molecule has 1 aromatic heterocycles. The van der Waals surface area contributed by atoms with Gasteiger partial charge in [0.05, 0.1) is 4.92 Å². The summed E-state index contributed by atoms with van der Waals surface area (Å²) in [5.74, 6) is 0.0219. The van der Waals surface area contributed by atoms with Gasteiger partial charge >= 0.3 is 5.69 Å². The highest BCUT2D eigenvalue weighted by Gasteiger charge is 2.23. The van der Waals surface area contributed by atoms with Crippen molar-refractivity contribution in [1.29, 1.82) is 0 Å². The van der Waals surface area contributed by atoms with Crippen molar-refractivity contribution in [2.24, 2.45) is 17.4 Å². The minimum atomic E-state index is -0.508. The summed E-state index contributed by atoms with van der Waals surface area (Å²) in [6.07, 6.45) is 0. The molecular weight excluding hydrogens is 200 g/mol. The topological polar surface area (TPSA) is 88.9 Å². The van der Waals surface area contributed by atoms with E-state index >= 15 is 0 Å². The molecule has 82 valence electrons. The Kier molecular flexibility index (Phi) is 2.98. The van der Waals surface area contributed by atoms with Gasteiger partial charge in [0.1, 0.15) is 5.69 Å². The number of nitrogens with zero attached hydrogens (tertiary/aromatic N) is 6. The first-order valence-electron chi connectivity index (χ1n) is 4.20. The largest absolute Gasteiger partial charge is 0.337 e. The van der Waals surface area contributed by atoms with Gasteiger partial charge in [0, 0.05) is 21.1 Å². The summed E-state index contributed by atoms with van der Waals surface area (Å²) < 4.78 is 1.40. The van der Waals surface area contributed by atoms with Gasteiger partial charge in [-0.05, 0) is 6.92 Å². The van der Waals surface area contributed by atoms with Crippen molar-refractivity contribution in [3.05, 3.63) is 15.8 Å². The zero-order valence-electron chi connectivity index (χ0n) is 9.00. The maximum Gasteiger partial charge on any atom is 0.337 e. The van der Waals surface area contributed by atoms with E-state index in [1.807, 2.05) is 0 Å². The van der Waals surface area contributed by atoms with Crippen LogP contribution in [0.2, 0.25) is 0 Å². The predicted molar refractivity (Wildman–Crippen MR) is 52.8 cm³/mol. The summed E-state index contributed by atoms with van der Waals surface area (Å²) in [6, 6.07) is 0.